The van der Waals surface area contributed by atoms with Crippen molar-refractivity contribution in [1.29, 1.82) is 0 Å². The second kappa shape index (κ2) is 5.41. The maximum absolute atomic E-state index is 11.3. The fraction of sp³-hybridized carbons (Fsp3) is 0.571. The van der Waals surface area contributed by atoms with Crippen LogP contribution in [0.3, 0.4) is 0 Å². The lowest BCUT2D eigenvalue weighted by Crippen LogP contribution is -2.37. The molecule has 1 aliphatic rings. The predicted molar refractivity (Wildman–Crippen MR) is 74.4 cm³/mol. The first-order chi connectivity index (χ1) is 8.46. The summed E-state index contributed by atoms with van der Waals surface area (Å²) in [6.45, 7) is 5.04. The van der Waals surface area contributed by atoms with Gasteiger partial charge in [-0.1, -0.05) is 23.8 Å². The number of hydrogen-bond donors (Lipinski definition) is 1. The minimum atomic E-state index is -2.75. The van der Waals surface area contributed by atoms with Crippen molar-refractivity contribution in [3.63, 3.8) is 0 Å². The van der Waals surface area contributed by atoms with E-state index in [0.717, 1.165) is 19.4 Å². The average molecular weight is 267 g/mol. The molecule has 0 saturated carbocycles. The second-order valence-electron chi connectivity index (χ2n) is 5.24. The number of aryl methyl sites for hydroxylation is 2. The summed E-state index contributed by atoms with van der Waals surface area (Å²) < 4.78 is 22.7. The fourth-order valence-electron chi connectivity index (χ4n) is 2.39. The molecule has 0 bridgehead atoms. The molecule has 18 heavy (non-hydrogen) atoms. The molecule has 0 amide bonds. The molecule has 4 heteroatoms. The molecule has 1 aromatic carbocycles. The van der Waals surface area contributed by atoms with E-state index in [1.54, 1.807) is 0 Å². The summed E-state index contributed by atoms with van der Waals surface area (Å²) in [6.07, 6.45) is 1.49. The Labute approximate surface area is 110 Å². The van der Waals surface area contributed by atoms with E-state index in [9.17, 15) is 8.42 Å². The van der Waals surface area contributed by atoms with Crippen molar-refractivity contribution in [2.45, 2.75) is 39.3 Å². The van der Waals surface area contributed by atoms with Crippen molar-refractivity contribution in [3.05, 3.63) is 34.9 Å². The molecule has 3 nitrogen and oxygen atoms in total. The van der Waals surface area contributed by atoms with Crippen molar-refractivity contribution in [1.82, 2.24) is 5.32 Å². The largest absolute Gasteiger partial charge is 0.310 e. The van der Waals surface area contributed by atoms with Gasteiger partial charge in [-0.25, -0.2) is 8.42 Å². The van der Waals surface area contributed by atoms with Gasteiger partial charge in [0.25, 0.3) is 0 Å². The SMILES string of the molecule is Cc1ccc(CNC2CCS(=O)(=O)CC2)c(C)c1. The van der Waals surface area contributed by atoms with Gasteiger partial charge in [-0.05, 0) is 37.8 Å². The summed E-state index contributed by atoms with van der Waals surface area (Å²) >= 11 is 0. The Morgan fingerprint density at radius 3 is 2.50 bits per heavy atom. The third kappa shape index (κ3) is 3.56. The minimum absolute atomic E-state index is 0.331. The molecule has 0 unspecified atom stereocenters. The summed E-state index contributed by atoms with van der Waals surface area (Å²) in [4.78, 5) is 0. The van der Waals surface area contributed by atoms with Gasteiger partial charge in [0.05, 0.1) is 11.5 Å². The van der Waals surface area contributed by atoms with Crippen molar-refractivity contribution in [2.75, 3.05) is 11.5 Å². The Kier molecular flexibility index (Phi) is 4.07. The first kappa shape index (κ1) is 13.6. The molecule has 0 aliphatic carbocycles. The number of nitrogens with one attached hydrogen (secondary N) is 1. The van der Waals surface area contributed by atoms with Gasteiger partial charge < -0.3 is 5.32 Å². The van der Waals surface area contributed by atoms with Crippen LogP contribution in [0, 0.1) is 13.8 Å². The Bertz CT molecular complexity index is 509. The Morgan fingerprint density at radius 2 is 1.89 bits per heavy atom. The molecule has 1 aliphatic heterocycles. The quantitative estimate of drug-likeness (QED) is 0.911. The average Bonchev–Trinajstić information content (AvgIpc) is 2.29. The number of hydrogen-bond acceptors (Lipinski definition) is 3. The molecule has 2 rings (SSSR count). The first-order valence-electron chi connectivity index (χ1n) is 6.46. The molecule has 0 aromatic heterocycles. The van der Waals surface area contributed by atoms with Crippen LogP contribution in [0.1, 0.15) is 29.5 Å². The Morgan fingerprint density at radius 1 is 1.22 bits per heavy atom. The van der Waals surface area contributed by atoms with Crippen LogP contribution in [0.5, 0.6) is 0 Å². The zero-order valence-electron chi connectivity index (χ0n) is 11.1. The number of benzene rings is 1. The van der Waals surface area contributed by atoms with Crippen molar-refractivity contribution >= 4 is 9.84 Å². The molecule has 0 spiro atoms. The van der Waals surface area contributed by atoms with E-state index in [1.165, 1.54) is 16.7 Å². The molecule has 1 heterocycles. The van der Waals surface area contributed by atoms with Crippen molar-refractivity contribution in [3.8, 4) is 0 Å². The summed E-state index contributed by atoms with van der Waals surface area (Å²) in [5.74, 6) is 0.662. The van der Waals surface area contributed by atoms with Gasteiger partial charge in [0.2, 0.25) is 0 Å². The maximum atomic E-state index is 11.3. The minimum Gasteiger partial charge on any atom is -0.310 e. The van der Waals surface area contributed by atoms with Gasteiger partial charge in [0.15, 0.2) is 0 Å². The smallest absolute Gasteiger partial charge is 0.150 e. The molecule has 100 valence electrons. The lowest BCUT2D eigenvalue weighted by Gasteiger charge is -2.23. The monoisotopic (exact) mass is 267 g/mol. The Hall–Kier alpha value is -0.870. The van der Waals surface area contributed by atoms with Crippen LogP contribution in [0.4, 0.5) is 0 Å². The van der Waals surface area contributed by atoms with Gasteiger partial charge in [-0.3, -0.25) is 0 Å². The van der Waals surface area contributed by atoms with Crippen LogP contribution in [0.15, 0.2) is 18.2 Å². The summed E-state index contributed by atoms with van der Waals surface area (Å²) in [6, 6.07) is 6.80. The van der Waals surface area contributed by atoms with E-state index in [4.69, 9.17) is 0 Å². The highest BCUT2D eigenvalue weighted by Crippen LogP contribution is 2.14. The number of sulfone groups is 1. The standard InChI is InChI=1S/C14H21NO2S/c1-11-3-4-13(12(2)9-11)10-15-14-5-7-18(16,17)8-6-14/h3-4,9,14-15H,5-8,10H2,1-2H3. The van der Waals surface area contributed by atoms with Gasteiger partial charge in [-0.2, -0.15) is 0 Å². The van der Waals surface area contributed by atoms with E-state index < -0.39 is 9.84 Å². The highest BCUT2D eigenvalue weighted by atomic mass is 32.2. The predicted octanol–water partition coefficient (Wildman–Crippen LogP) is 1.97. The van der Waals surface area contributed by atoms with E-state index in [1.807, 2.05) is 0 Å². The van der Waals surface area contributed by atoms with Crippen LogP contribution in [0.25, 0.3) is 0 Å². The first-order valence-corrected chi connectivity index (χ1v) is 8.28. The second-order valence-corrected chi connectivity index (χ2v) is 7.54. The molecule has 1 N–H and O–H groups in total. The zero-order valence-corrected chi connectivity index (χ0v) is 11.9. The topological polar surface area (TPSA) is 46.2 Å². The van der Waals surface area contributed by atoms with Crippen LogP contribution in [0.2, 0.25) is 0 Å². The van der Waals surface area contributed by atoms with Crippen LogP contribution in [-0.4, -0.2) is 26.0 Å². The molecule has 0 radical (unpaired) electrons. The third-order valence-corrected chi connectivity index (χ3v) is 5.35. The lowest BCUT2D eigenvalue weighted by molar-refractivity contribution is 0.462. The van der Waals surface area contributed by atoms with Gasteiger partial charge in [0.1, 0.15) is 9.84 Å². The van der Waals surface area contributed by atoms with Gasteiger partial charge in [-0.15, -0.1) is 0 Å². The third-order valence-electron chi connectivity index (χ3n) is 3.63. The van der Waals surface area contributed by atoms with Crippen LogP contribution >= 0.6 is 0 Å². The van der Waals surface area contributed by atoms with Gasteiger partial charge >= 0.3 is 0 Å². The molecule has 1 fully saturated rings. The fourth-order valence-corrected chi connectivity index (χ4v) is 3.88. The Balaban J connectivity index is 1.89. The van der Waals surface area contributed by atoms with E-state index in [0.29, 0.717) is 17.5 Å². The van der Waals surface area contributed by atoms with E-state index in [2.05, 4.69) is 37.4 Å². The number of rotatable bonds is 3. The van der Waals surface area contributed by atoms with Crippen LogP contribution in [-0.2, 0) is 16.4 Å². The summed E-state index contributed by atoms with van der Waals surface area (Å²) in [5.41, 5.74) is 3.87. The lowest BCUT2D eigenvalue weighted by atomic mass is 10.0. The summed E-state index contributed by atoms with van der Waals surface area (Å²) in [7, 11) is -2.75. The summed E-state index contributed by atoms with van der Waals surface area (Å²) in [5, 5.41) is 3.47. The molecular formula is C14H21NO2S. The molecule has 1 aromatic rings. The normalized spacial score (nSPS) is 19.9. The van der Waals surface area contributed by atoms with Crippen LogP contribution < -0.4 is 5.32 Å². The highest BCUT2D eigenvalue weighted by molar-refractivity contribution is 7.91. The van der Waals surface area contributed by atoms with E-state index >= 15 is 0 Å². The molecule has 1 saturated heterocycles. The molecule has 0 atom stereocenters. The highest BCUT2D eigenvalue weighted by Gasteiger charge is 2.22. The van der Waals surface area contributed by atoms with Gasteiger partial charge in [0, 0.05) is 12.6 Å². The van der Waals surface area contributed by atoms with E-state index in [-0.39, 0.29) is 0 Å². The molecular weight excluding hydrogens is 246 g/mol. The zero-order chi connectivity index (χ0) is 13.2. The van der Waals surface area contributed by atoms with Crippen molar-refractivity contribution in [2.24, 2.45) is 0 Å². The van der Waals surface area contributed by atoms with Crippen molar-refractivity contribution < 1.29 is 8.42 Å². The maximum Gasteiger partial charge on any atom is 0.150 e.